The molecule has 11 heteroatoms. The number of carbonyl (C=O) groups excluding carboxylic acids is 1. The van der Waals surface area contributed by atoms with Gasteiger partial charge in [-0.15, -0.1) is 0 Å². The Morgan fingerprint density at radius 2 is 1.81 bits per heavy atom. The van der Waals surface area contributed by atoms with Crippen LogP contribution in [0.15, 0.2) is 51.9 Å². The zero-order valence-corrected chi connectivity index (χ0v) is 21.6. The largest absolute Gasteiger partial charge is 0.496 e. The molecule has 1 amide bonds. The lowest BCUT2D eigenvalue weighted by molar-refractivity contribution is 0.0300. The molecule has 0 unspecified atom stereocenters. The van der Waals surface area contributed by atoms with Gasteiger partial charge in [0.15, 0.2) is 0 Å². The first-order chi connectivity index (χ1) is 17.1. The summed E-state index contributed by atoms with van der Waals surface area (Å²) < 4.78 is 44.2. The van der Waals surface area contributed by atoms with E-state index in [1.165, 1.54) is 30.9 Å². The zero-order chi connectivity index (χ0) is 25.9. The third-order valence-electron chi connectivity index (χ3n) is 5.90. The van der Waals surface area contributed by atoms with Crippen molar-refractivity contribution >= 4 is 15.9 Å². The Bertz CT molecular complexity index is 1320. The van der Waals surface area contributed by atoms with E-state index in [-0.39, 0.29) is 34.2 Å². The third-order valence-corrected chi connectivity index (χ3v) is 7.30. The molecule has 1 aliphatic rings. The molecule has 0 spiro atoms. The first-order valence-electron chi connectivity index (χ1n) is 11.6. The Hall–Kier alpha value is -3.28. The molecule has 2 aromatic carbocycles. The maximum atomic E-state index is 13.0. The monoisotopic (exact) mass is 514 g/mol. The van der Waals surface area contributed by atoms with E-state index in [9.17, 15) is 13.2 Å². The lowest BCUT2D eigenvalue weighted by Gasteiger charge is -2.27. The average molecular weight is 515 g/mol. The number of nitrogens with one attached hydrogen (secondary N) is 1. The molecule has 0 bridgehead atoms. The average Bonchev–Trinajstić information content (AvgIpc) is 3.36. The maximum Gasteiger partial charge on any atom is 0.257 e. The normalized spacial score (nSPS) is 14.6. The molecule has 1 aromatic heterocycles. The number of amides is 1. The summed E-state index contributed by atoms with van der Waals surface area (Å²) in [7, 11) is -2.54. The van der Waals surface area contributed by atoms with Gasteiger partial charge in [-0.05, 0) is 29.2 Å². The number of methoxy groups -OCH3 is 1. The molecule has 1 N–H and O–H groups in total. The van der Waals surface area contributed by atoms with Crippen LogP contribution in [0.1, 0.15) is 42.6 Å². The highest BCUT2D eigenvalue weighted by atomic mass is 32.2. The molecule has 36 heavy (non-hydrogen) atoms. The Labute approximate surface area is 210 Å². The van der Waals surface area contributed by atoms with Crippen LogP contribution in [-0.4, -0.2) is 62.8 Å². The molecule has 0 atom stereocenters. The molecular weight excluding hydrogens is 484 g/mol. The molecule has 1 saturated heterocycles. The van der Waals surface area contributed by atoms with Crippen molar-refractivity contribution < 1.29 is 27.2 Å². The predicted octanol–water partition coefficient (Wildman–Crippen LogP) is 2.99. The van der Waals surface area contributed by atoms with E-state index in [4.69, 9.17) is 14.0 Å². The van der Waals surface area contributed by atoms with Crippen molar-refractivity contribution in [2.75, 3.05) is 33.4 Å². The van der Waals surface area contributed by atoms with Crippen LogP contribution in [0.5, 0.6) is 5.75 Å². The van der Waals surface area contributed by atoms with E-state index in [1.54, 1.807) is 4.90 Å². The first-order valence-corrected chi connectivity index (χ1v) is 13.0. The van der Waals surface area contributed by atoms with E-state index < -0.39 is 10.0 Å². The van der Waals surface area contributed by atoms with Gasteiger partial charge in [0, 0.05) is 18.7 Å². The number of aromatic nitrogens is 2. The smallest absolute Gasteiger partial charge is 0.257 e. The molecule has 2 heterocycles. The van der Waals surface area contributed by atoms with Gasteiger partial charge in [-0.2, -0.15) is 4.98 Å². The van der Waals surface area contributed by atoms with Crippen molar-refractivity contribution in [3.63, 3.8) is 0 Å². The molecule has 4 rings (SSSR count). The van der Waals surface area contributed by atoms with E-state index in [1.807, 2.05) is 24.3 Å². The van der Waals surface area contributed by atoms with E-state index in [2.05, 4.69) is 35.6 Å². The second kappa shape index (κ2) is 10.4. The molecule has 3 aromatic rings. The highest BCUT2D eigenvalue weighted by molar-refractivity contribution is 7.89. The van der Waals surface area contributed by atoms with Crippen LogP contribution in [0.25, 0.3) is 11.4 Å². The number of ether oxygens (including phenoxy) is 2. The van der Waals surface area contributed by atoms with Crippen molar-refractivity contribution in [1.82, 2.24) is 19.8 Å². The van der Waals surface area contributed by atoms with Crippen LogP contribution < -0.4 is 9.46 Å². The fourth-order valence-electron chi connectivity index (χ4n) is 3.76. The summed E-state index contributed by atoms with van der Waals surface area (Å²) in [6.45, 7) is 7.90. The minimum atomic E-state index is -3.98. The van der Waals surface area contributed by atoms with Crippen molar-refractivity contribution in [3.8, 4) is 17.1 Å². The second-order valence-corrected chi connectivity index (χ2v) is 11.2. The van der Waals surface area contributed by atoms with Gasteiger partial charge in [-0.3, -0.25) is 4.79 Å². The number of hydrogen-bond donors (Lipinski definition) is 1. The number of rotatable bonds is 7. The van der Waals surface area contributed by atoms with Crippen LogP contribution in [-0.2, 0) is 26.7 Å². The summed E-state index contributed by atoms with van der Waals surface area (Å²) in [6, 6.07) is 12.0. The minimum absolute atomic E-state index is 0.0212. The number of morpholine rings is 1. The van der Waals surface area contributed by atoms with Crippen molar-refractivity contribution in [2.45, 2.75) is 37.6 Å². The Morgan fingerprint density at radius 1 is 1.11 bits per heavy atom. The highest BCUT2D eigenvalue weighted by Crippen LogP contribution is 2.26. The number of sulfonamides is 1. The second-order valence-electron chi connectivity index (χ2n) is 9.43. The molecule has 0 aliphatic carbocycles. The lowest BCUT2D eigenvalue weighted by Crippen LogP contribution is -2.40. The molecule has 0 saturated carbocycles. The molecule has 192 valence electrons. The first kappa shape index (κ1) is 25.8. The van der Waals surface area contributed by atoms with Crippen molar-refractivity contribution in [2.24, 2.45) is 0 Å². The minimum Gasteiger partial charge on any atom is -0.496 e. The van der Waals surface area contributed by atoms with Gasteiger partial charge in [-0.1, -0.05) is 50.2 Å². The number of benzene rings is 2. The summed E-state index contributed by atoms with van der Waals surface area (Å²) in [5.74, 6) is 0.467. The Morgan fingerprint density at radius 3 is 2.44 bits per heavy atom. The van der Waals surface area contributed by atoms with Crippen LogP contribution in [0, 0.1) is 0 Å². The summed E-state index contributed by atoms with van der Waals surface area (Å²) in [5.41, 5.74) is 2.13. The summed E-state index contributed by atoms with van der Waals surface area (Å²) in [5, 5.41) is 3.97. The van der Waals surface area contributed by atoms with Crippen molar-refractivity contribution in [1.29, 1.82) is 0 Å². The highest BCUT2D eigenvalue weighted by Gasteiger charge is 2.25. The Kier molecular flexibility index (Phi) is 7.43. The lowest BCUT2D eigenvalue weighted by atomic mass is 9.87. The fourth-order valence-corrected chi connectivity index (χ4v) is 4.76. The summed E-state index contributed by atoms with van der Waals surface area (Å²) in [6.07, 6.45) is 0. The van der Waals surface area contributed by atoms with E-state index in [0.717, 1.165) is 5.56 Å². The zero-order valence-electron chi connectivity index (χ0n) is 20.8. The van der Waals surface area contributed by atoms with E-state index in [0.29, 0.717) is 37.9 Å². The summed E-state index contributed by atoms with van der Waals surface area (Å²) >= 11 is 0. The fraction of sp³-hybridized carbons (Fsp3) is 0.400. The van der Waals surface area contributed by atoms with Gasteiger partial charge in [0.25, 0.3) is 5.91 Å². The van der Waals surface area contributed by atoms with Gasteiger partial charge in [-0.25, -0.2) is 13.1 Å². The van der Waals surface area contributed by atoms with E-state index >= 15 is 0 Å². The quantitative estimate of drug-likeness (QED) is 0.510. The van der Waals surface area contributed by atoms with Crippen LogP contribution in [0.2, 0.25) is 0 Å². The molecule has 0 radical (unpaired) electrons. The molecule has 1 aliphatic heterocycles. The SMILES string of the molecule is COc1ccc(S(=O)(=O)NCc2nc(-c3ccc(C(C)(C)C)cc3)no2)cc1C(=O)N1CCOCC1. The van der Waals surface area contributed by atoms with Crippen LogP contribution in [0.3, 0.4) is 0 Å². The topological polar surface area (TPSA) is 124 Å². The van der Waals surface area contributed by atoms with Gasteiger partial charge < -0.3 is 18.9 Å². The molecule has 10 nitrogen and oxygen atoms in total. The van der Waals surface area contributed by atoms with Gasteiger partial charge in [0.05, 0.1) is 37.3 Å². The predicted molar refractivity (Wildman–Crippen MR) is 132 cm³/mol. The number of hydrogen-bond acceptors (Lipinski definition) is 8. The Balaban J connectivity index is 1.48. The van der Waals surface area contributed by atoms with Gasteiger partial charge in [0.2, 0.25) is 21.7 Å². The van der Waals surface area contributed by atoms with Gasteiger partial charge >= 0.3 is 0 Å². The van der Waals surface area contributed by atoms with Gasteiger partial charge in [0.1, 0.15) is 5.75 Å². The van der Waals surface area contributed by atoms with Crippen LogP contribution >= 0.6 is 0 Å². The molecule has 1 fully saturated rings. The standard InChI is InChI=1S/C25H30N4O6S/c1-25(2,3)18-7-5-17(6-8-18)23-27-22(35-28-23)16-26-36(31,32)19-9-10-21(33-4)20(15-19)24(30)29-11-13-34-14-12-29/h5-10,15,26H,11-14,16H2,1-4H3. The third kappa shape index (κ3) is 5.75. The van der Waals surface area contributed by atoms with Crippen LogP contribution in [0.4, 0.5) is 0 Å². The number of carbonyl (C=O) groups is 1. The van der Waals surface area contributed by atoms with Crippen molar-refractivity contribution in [3.05, 3.63) is 59.5 Å². The summed E-state index contributed by atoms with van der Waals surface area (Å²) in [4.78, 5) is 18.8. The number of nitrogens with zero attached hydrogens (tertiary/aromatic N) is 3. The molecular formula is C25H30N4O6S. The maximum absolute atomic E-state index is 13.0.